The zero-order valence-electron chi connectivity index (χ0n) is 5.53. The molecular formula is C7H10O3. The van der Waals surface area contributed by atoms with Crippen molar-refractivity contribution in [2.24, 2.45) is 0 Å². The summed E-state index contributed by atoms with van der Waals surface area (Å²) in [5.41, 5.74) is 0. The number of ether oxygens (including phenoxy) is 1. The summed E-state index contributed by atoms with van der Waals surface area (Å²) in [6, 6.07) is 0. The van der Waals surface area contributed by atoms with Crippen LogP contribution in [0, 0.1) is 12.3 Å². The number of aliphatic hydroxyl groups is 2. The number of hydrogen-bond acceptors (Lipinski definition) is 3. The average Bonchev–Trinajstić information content (AvgIpc) is 2.30. The Hall–Kier alpha value is -0.560. The maximum atomic E-state index is 9.11. The van der Waals surface area contributed by atoms with Crippen LogP contribution in [0.1, 0.15) is 6.42 Å². The summed E-state index contributed by atoms with van der Waals surface area (Å²) < 4.78 is 5.04. The van der Waals surface area contributed by atoms with Crippen molar-refractivity contribution in [3.63, 3.8) is 0 Å². The molecule has 1 aliphatic rings. The van der Waals surface area contributed by atoms with Gasteiger partial charge in [-0.1, -0.05) is 5.92 Å². The molecule has 3 atom stereocenters. The zero-order valence-corrected chi connectivity index (χ0v) is 5.53. The minimum Gasteiger partial charge on any atom is -0.394 e. The zero-order chi connectivity index (χ0) is 7.56. The van der Waals surface area contributed by atoms with Crippen molar-refractivity contribution in [3.05, 3.63) is 0 Å². The third-order valence-corrected chi connectivity index (χ3v) is 1.59. The summed E-state index contributed by atoms with van der Waals surface area (Å²) in [7, 11) is 0. The summed E-state index contributed by atoms with van der Waals surface area (Å²) in [5.74, 6) is 2.37. The molecule has 0 spiro atoms. The van der Waals surface area contributed by atoms with Crippen molar-refractivity contribution in [1.29, 1.82) is 0 Å². The molecule has 0 amide bonds. The van der Waals surface area contributed by atoms with E-state index in [1.165, 1.54) is 0 Å². The van der Waals surface area contributed by atoms with Crippen LogP contribution in [0.15, 0.2) is 0 Å². The molecule has 56 valence electrons. The van der Waals surface area contributed by atoms with Gasteiger partial charge in [-0.25, -0.2) is 0 Å². The van der Waals surface area contributed by atoms with Gasteiger partial charge in [-0.3, -0.25) is 0 Å². The van der Waals surface area contributed by atoms with Crippen molar-refractivity contribution in [3.8, 4) is 12.3 Å². The van der Waals surface area contributed by atoms with Crippen LogP contribution in [0.4, 0.5) is 0 Å². The maximum Gasteiger partial charge on any atom is 0.121 e. The lowest BCUT2D eigenvalue weighted by Gasteiger charge is -2.08. The fourth-order valence-electron chi connectivity index (χ4n) is 1.00. The van der Waals surface area contributed by atoms with E-state index in [0.717, 1.165) is 0 Å². The Morgan fingerprint density at radius 2 is 2.40 bits per heavy atom. The molecule has 0 radical (unpaired) electrons. The third kappa shape index (κ3) is 1.29. The largest absolute Gasteiger partial charge is 0.394 e. The standard InChI is InChI=1S/C7H10O3/c1-2-5-3-6(9)7(4-8)10-5/h1,5-9H,3-4H2/t5?,6-,7+/m0/s1. The highest BCUT2D eigenvalue weighted by Crippen LogP contribution is 2.18. The van der Waals surface area contributed by atoms with Gasteiger partial charge in [0.2, 0.25) is 0 Å². The van der Waals surface area contributed by atoms with Gasteiger partial charge in [0.1, 0.15) is 12.2 Å². The summed E-state index contributed by atoms with van der Waals surface area (Å²) in [4.78, 5) is 0. The van der Waals surface area contributed by atoms with Gasteiger partial charge in [-0.2, -0.15) is 0 Å². The Balaban J connectivity index is 2.46. The lowest BCUT2D eigenvalue weighted by atomic mass is 10.1. The fourth-order valence-corrected chi connectivity index (χ4v) is 1.00. The molecule has 0 saturated carbocycles. The first kappa shape index (κ1) is 7.55. The molecule has 3 heteroatoms. The van der Waals surface area contributed by atoms with E-state index in [0.29, 0.717) is 6.42 Å². The highest BCUT2D eigenvalue weighted by molar-refractivity contribution is 5.00. The van der Waals surface area contributed by atoms with E-state index >= 15 is 0 Å². The Kier molecular flexibility index (Phi) is 2.28. The molecule has 1 aliphatic heterocycles. The highest BCUT2D eigenvalue weighted by Gasteiger charge is 2.31. The van der Waals surface area contributed by atoms with E-state index in [1.54, 1.807) is 0 Å². The monoisotopic (exact) mass is 142 g/mol. The van der Waals surface area contributed by atoms with Gasteiger partial charge < -0.3 is 14.9 Å². The van der Waals surface area contributed by atoms with Crippen molar-refractivity contribution in [1.82, 2.24) is 0 Å². The third-order valence-electron chi connectivity index (χ3n) is 1.59. The predicted molar refractivity (Wildman–Crippen MR) is 35.2 cm³/mol. The minimum absolute atomic E-state index is 0.167. The number of aliphatic hydroxyl groups excluding tert-OH is 2. The maximum absolute atomic E-state index is 9.11. The van der Waals surface area contributed by atoms with Crippen molar-refractivity contribution < 1.29 is 14.9 Å². The van der Waals surface area contributed by atoms with Crippen LogP contribution >= 0.6 is 0 Å². The van der Waals surface area contributed by atoms with E-state index in [2.05, 4.69) is 5.92 Å². The lowest BCUT2D eigenvalue weighted by Crippen LogP contribution is -2.24. The normalized spacial score (nSPS) is 39.5. The summed E-state index contributed by atoms with van der Waals surface area (Å²) in [5, 5.41) is 17.7. The van der Waals surface area contributed by atoms with E-state index in [-0.39, 0.29) is 12.7 Å². The fraction of sp³-hybridized carbons (Fsp3) is 0.714. The first-order valence-electron chi connectivity index (χ1n) is 3.18. The first-order chi connectivity index (χ1) is 4.77. The van der Waals surface area contributed by atoms with Crippen molar-refractivity contribution in [2.75, 3.05) is 6.61 Å². The van der Waals surface area contributed by atoms with Crippen LogP contribution in [0.3, 0.4) is 0 Å². The number of rotatable bonds is 1. The molecule has 1 saturated heterocycles. The quantitative estimate of drug-likeness (QED) is 0.468. The number of hydrogen-bond donors (Lipinski definition) is 2. The molecule has 0 bridgehead atoms. The summed E-state index contributed by atoms with van der Waals surface area (Å²) in [6.45, 7) is -0.167. The van der Waals surface area contributed by atoms with Crippen LogP contribution in [-0.4, -0.2) is 35.1 Å². The molecule has 0 aromatic rings. The molecular weight excluding hydrogens is 132 g/mol. The van der Waals surface area contributed by atoms with Crippen LogP contribution in [0.2, 0.25) is 0 Å². The molecule has 1 unspecified atom stereocenters. The topological polar surface area (TPSA) is 49.7 Å². The molecule has 10 heavy (non-hydrogen) atoms. The Labute approximate surface area is 59.6 Å². The second-order valence-corrected chi connectivity index (χ2v) is 2.32. The van der Waals surface area contributed by atoms with Gasteiger partial charge in [0, 0.05) is 6.42 Å². The van der Waals surface area contributed by atoms with Crippen LogP contribution in [-0.2, 0) is 4.74 Å². The Morgan fingerprint density at radius 3 is 2.70 bits per heavy atom. The lowest BCUT2D eigenvalue weighted by molar-refractivity contribution is -0.00866. The Morgan fingerprint density at radius 1 is 1.70 bits per heavy atom. The van der Waals surface area contributed by atoms with E-state index in [1.807, 2.05) is 0 Å². The minimum atomic E-state index is -0.606. The smallest absolute Gasteiger partial charge is 0.121 e. The van der Waals surface area contributed by atoms with Gasteiger partial charge >= 0.3 is 0 Å². The molecule has 1 heterocycles. The van der Waals surface area contributed by atoms with Gasteiger partial charge in [0.05, 0.1) is 12.7 Å². The van der Waals surface area contributed by atoms with Gasteiger partial charge in [0.15, 0.2) is 0 Å². The van der Waals surface area contributed by atoms with Crippen molar-refractivity contribution >= 4 is 0 Å². The Bertz CT molecular complexity index is 149. The molecule has 1 fully saturated rings. The molecule has 0 aromatic carbocycles. The highest BCUT2D eigenvalue weighted by atomic mass is 16.5. The molecule has 1 rings (SSSR count). The van der Waals surface area contributed by atoms with E-state index in [9.17, 15) is 0 Å². The summed E-state index contributed by atoms with van der Waals surface area (Å²) >= 11 is 0. The van der Waals surface area contributed by atoms with Crippen LogP contribution in [0.5, 0.6) is 0 Å². The molecule has 2 N–H and O–H groups in total. The van der Waals surface area contributed by atoms with Crippen LogP contribution in [0.25, 0.3) is 0 Å². The molecule has 0 aromatic heterocycles. The number of terminal acetylenes is 1. The van der Waals surface area contributed by atoms with Gasteiger partial charge in [-0.05, 0) is 0 Å². The average molecular weight is 142 g/mol. The van der Waals surface area contributed by atoms with E-state index < -0.39 is 12.2 Å². The second-order valence-electron chi connectivity index (χ2n) is 2.32. The predicted octanol–water partition coefficient (Wildman–Crippen LogP) is -0.870. The second kappa shape index (κ2) is 3.02. The van der Waals surface area contributed by atoms with Gasteiger partial charge in [-0.15, -0.1) is 6.42 Å². The van der Waals surface area contributed by atoms with Crippen LogP contribution < -0.4 is 0 Å². The first-order valence-corrected chi connectivity index (χ1v) is 3.18. The van der Waals surface area contributed by atoms with Crippen molar-refractivity contribution in [2.45, 2.75) is 24.7 Å². The summed E-state index contributed by atoms with van der Waals surface area (Å²) in [6.07, 6.45) is 4.06. The SMILES string of the molecule is C#CC1C[C@H](O)[C@@H](CO)O1. The molecule has 3 nitrogen and oxygen atoms in total. The molecule has 0 aliphatic carbocycles. The van der Waals surface area contributed by atoms with Gasteiger partial charge in [0.25, 0.3) is 0 Å². The van der Waals surface area contributed by atoms with E-state index in [4.69, 9.17) is 21.4 Å².